The fourth-order valence-electron chi connectivity index (χ4n) is 2.10. The molecule has 1 saturated heterocycles. The van der Waals surface area contributed by atoms with Crippen LogP contribution in [0.1, 0.15) is 25.7 Å². The van der Waals surface area contributed by atoms with Crippen LogP contribution >= 0.6 is 0 Å². The van der Waals surface area contributed by atoms with Crippen LogP contribution in [0.25, 0.3) is 0 Å². The summed E-state index contributed by atoms with van der Waals surface area (Å²) in [5, 5.41) is 2.95. The summed E-state index contributed by atoms with van der Waals surface area (Å²) in [4.78, 5) is 11.1. The summed E-state index contributed by atoms with van der Waals surface area (Å²) >= 11 is 0. The van der Waals surface area contributed by atoms with Crippen LogP contribution in [0, 0.1) is 11.8 Å². The summed E-state index contributed by atoms with van der Waals surface area (Å²) in [7, 11) is 0. The van der Waals surface area contributed by atoms with Gasteiger partial charge in [-0.2, -0.15) is 0 Å². The first kappa shape index (κ1) is 6.20. The van der Waals surface area contributed by atoms with Gasteiger partial charge in [-0.1, -0.05) is 6.42 Å². The minimum absolute atomic E-state index is 0.302. The van der Waals surface area contributed by atoms with Gasteiger partial charge >= 0.3 is 0 Å². The summed E-state index contributed by atoms with van der Waals surface area (Å²) in [5.41, 5.74) is 0. The molecular weight excluding hydrogens is 126 g/mol. The SMILES string of the molecule is O=C1NC[C@H]2CCC[C@@H]1C2. The molecule has 56 valence electrons. The second kappa shape index (κ2) is 2.26. The average molecular weight is 139 g/mol. The van der Waals surface area contributed by atoms with Crippen molar-refractivity contribution in [1.82, 2.24) is 5.32 Å². The standard InChI is InChI=1S/C8H13NO/c10-8-7-3-1-2-6(4-7)5-9-8/h6-7H,1-5H2,(H,9,10)/t6-,7+/m0/s1. The van der Waals surface area contributed by atoms with E-state index in [1.54, 1.807) is 0 Å². The first-order valence-electron chi connectivity index (χ1n) is 4.14. The highest BCUT2D eigenvalue weighted by molar-refractivity contribution is 5.79. The van der Waals surface area contributed by atoms with Crippen molar-refractivity contribution in [3.63, 3.8) is 0 Å². The Kier molecular flexibility index (Phi) is 1.40. The average Bonchev–Trinajstić information content (AvgIpc) is 1.99. The van der Waals surface area contributed by atoms with Crippen molar-refractivity contribution < 1.29 is 4.79 Å². The van der Waals surface area contributed by atoms with E-state index in [1.807, 2.05) is 0 Å². The Morgan fingerprint density at radius 1 is 1.40 bits per heavy atom. The molecule has 0 unspecified atom stereocenters. The molecule has 1 aliphatic heterocycles. The molecule has 10 heavy (non-hydrogen) atoms. The molecule has 2 fully saturated rings. The number of amides is 1. The molecule has 2 heteroatoms. The van der Waals surface area contributed by atoms with Crippen LogP contribution in [0.2, 0.25) is 0 Å². The van der Waals surface area contributed by atoms with Crippen molar-refractivity contribution in [3.05, 3.63) is 0 Å². The van der Waals surface area contributed by atoms with Gasteiger partial charge in [0.1, 0.15) is 0 Å². The summed E-state index contributed by atoms with van der Waals surface area (Å²) in [6.07, 6.45) is 4.88. The number of nitrogens with one attached hydrogen (secondary N) is 1. The van der Waals surface area contributed by atoms with E-state index in [9.17, 15) is 4.79 Å². The molecular formula is C8H13NO. The molecule has 0 radical (unpaired) electrons. The fraction of sp³-hybridized carbons (Fsp3) is 0.875. The third-order valence-corrected chi connectivity index (χ3v) is 2.72. The molecule has 0 spiro atoms. The number of piperidine rings is 1. The van der Waals surface area contributed by atoms with Gasteiger partial charge in [0.05, 0.1) is 0 Å². The lowest BCUT2D eigenvalue weighted by atomic mass is 9.78. The van der Waals surface area contributed by atoms with E-state index >= 15 is 0 Å². The molecule has 1 saturated carbocycles. The smallest absolute Gasteiger partial charge is 0.223 e. The van der Waals surface area contributed by atoms with Crippen molar-refractivity contribution in [3.8, 4) is 0 Å². The Bertz CT molecular complexity index is 155. The van der Waals surface area contributed by atoms with Gasteiger partial charge in [-0.25, -0.2) is 0 Å². The molecule has 1 N–H and O–H groups in total. The minimum atomic E-state index is 0.302. The maximum atomic E-state index is 11.1. The van der Waals surface area contributed by atoms with Crippen molar-refractivity contribution in [2.24, 2.45) is 11.8 Å². The first-order chi connectivity index (χ1) is 4.86. The quantitative estimate of drug-likeness (QED) is 0.531. The highest BCUT2D eigenvalue weighted by atomic mass is 16.1. The number of rotatable bonds is 0. The van der Waals surface area contributed by atoms with Crippen LogP contribution in [-0.2, 0) is 4.79 Å². The van der Waals surface area contributed by atoms with Crippen LogP contribution in [0.5, 0.6) is 0 Å². The third-order valence-electron chi connectivity index (χ3n) is 2.72. The Balaban J connectivity index is 2.07. The molecule has 2 rings (SSSR count). The Hall–Kier alpha value is -0.530. The highest BCUT2D eigenvalue weighted by Crippen LogP contribution is 2.31. The minimum Gasteiger partial charge on any atom is -0.356 e. The van der Waals surface area contributed by atoms with Crippen LogP contribution < -0.4 is 5.32 Å². The summed E-state index contributed by atoms with van der Waals surface area (Å²) in [5.74, 6) is 1.47. The lowest BCUT2D eigenvalue weighted by Crippen LogP contribution is -2.43. The predicted molar refractivity (Wildman–Crippen MR) is 38.5 cm³/mol. The zero-order valence-corrected chi connectivity index (χ0v) is 6.10. The molecule has 2 aliphatic rings. The second-order valence-electron chi connectivity index (χ2n) is 3.47. The van der Waals surface area contributed by atoms with Crippen molar-refractivity contribution in [1.29, 1.82) is 0 Å². The van der Waals surface area contributed by atoms with Gasteiger partial charge in [0.2, 0.25) is 5.91 Å². The number of hydrogen-bond donors (Lipinski definition) is 1. The van der Waals surface area contributed by atoms with Crippen LogP contribution in [0.3, 0.4) is 0 Å². The van der Waals surface area contributed by atoms with Gasteiger partial charge in [0.15, 0.2) is 0 Å². The molecule has 1 amide bonds. The molecule has 0 aromatic heterocycles. The van der Waals surface area contributed by atoms with Gasteiger partial charge in [0.25, 0.3) is 0 Å². The van der Waals surface area contributed by atoms with Crippen LogP contribution in [0.4, 0.5) is 0 Å². The Labute approximate surface area is 61.0 Å². The number of carbonyl (C=O) groups excluding carboxylic acids is 1. The maximum Gasteiger partial charge on any atom is 0.223 e. The lowest BCUT2D eigenvalue weighted by Gasteiger charge is -2.33. The summed E-state index contributed by atoms with van der Waals surface area (Å²) < 4.78 is 0. The van der Waals surface area contributed by atoms with E-state index in [4.69, 9.17) is 0 Å². The lowest BCUT2D eigenvalue weighted by molar-refractivity contribution is -0.129. The van der Waals surface area contributed by atoms with E-state index in [0.29, 0.717) is 11.8 Å². The zero-order chi connectivity index (χ0) is 6.97. The predicted octanol–water partition coefficient (Wildman–Crippen LogP) is 0.923. The van der Waals surface area contributed by atoms with Gasteiger partial charge < -0.3 is 5.32 Å². The topological polar surface area (TPSA) is 29.1 Å². The van der Waals surface area contributed by atoms with E-state index in [0.717, 1.165) is 25.3 Å². The van der Waals surface area contributed by atoms with Crippen molar-refractivity contribution in [2.75, 3.05) is 6.54 Å². The monoisotopic (exact) mass is 139 g/mol. The Morgan fingerprint density at radius 3 is 3.10 bits per heavy atom. The normalized spacial score (nSPS) is 39.0. The van der Waals surface area contributed by atoms with E-state index in [2.05, 4.69) is 5.32 Å². The number of carbonyl (C=O) groups is 1. The first-order valence-corrected chi connectivity index (χ1v) is 4.14. The molecule has 2 atom stereocenters. The Morgan fingerprint density at radius 2 is 2.30 bits per heavy atom. The van der Waals surface area contributed by atoms with E-state index in [-0.39, 0.29) is 0 Å². The second-order valence-corrected chi connectivity index (χ2v) is 3.47. The highest BCUT2D eigenvalue weighted by Gasteiger charge is 2.31. The van der Waals surface area contributed by atoms with Gasteiger partial charge in [0, 0.05) is 12.5 Å². The molecule has 2 bridgehead atoms. The van der Waals surface area contributed by atoms with Gasteiger partial charge in [-0.3, -0.25) is 4.79 Å². The van der Waals surface area contributed by atoms with Crippen molar-refractivity contribution >= 4 is 5.91 Å². The third kappa shape index (κ3) is 0.917. The van der Waals surface area contributed by atoms with E-state index in [1.165, 1.54) is 12.8 Å². The van der Waals surface area contributed by atoms with Gasteiger partial charge in [-0.15, -0.1) is 0 Å². The molecule has 0 aromatic rings. The molecule has 1 aliphatic carbocycles. The maximum absolute atomic E-state index is 11.1. The largest absolute Gasteiger partial charge is 0.356 e. The molecule has 1 heterocycles. The number of hydrogen-bond acceptors (Lipinski definition) is 1. The van der Waals surface area contributed by atoms with Crippen LogP contribution in [0.15, 0.2) is 0 Å². The van der Waals surface area contributed by atoms with E-state index < -0.39 is 0 Å². The van der Waals surface area contributed by atoms with Crippen LogP contribution in [-0.4, -0.2) is 12.5 Å². The number of fused-ring (bicyclic) bond motifs is 2. The summed E-state index contributed by atoms with van der Waals surface area (Å²) in [6.45, 7) is 0.940. The van der Waals surface area contributed by atoms with Crippen molar-refractivity contribution in [2.45, 2.75) is 25.7 Å². The zero-order valence-electron chi connectivity index (χ0n) is 6.10. The van der Waals surface area contributed by atoms with Gasteiger partial charge in [-0.05, 0) is 25.2 Å². The molecule has 0 aromatic carbocycles. The molecule has 2 nitrogen and oxygen atoms in total. The summed E-state index contributed by atoms with van der Waals surface area (Å²) in [6, 6.07) is 0. The fourth-order valence-corrected chi connectivity index (χ4v) is 2.10.